The van der Waals surface area contributed by atoms with E-state index < -0.39 is 0 Å². The van der Waals surface area contributed by atoms with Gasteiger partial charge >= 0.3 is 0 Å². The first-order chi connectivity index (χ1) is 6.59. The molecule has 1 aromatic heterocycles. The van der Waals surface area contributed by atoms with E-state index in [-0.39, 0.29) is 0 Å². The van der Waals surface area contributed by atoms with E-state index in [1.807, 2.05) is 19.0 Å². The van der Waals surface area contributed by atoms with Crippen LogP contribution in [0.2, 0.25) is 5.02 Å². The molecular formula is C8H8ClN3O2. The zero-order chi connectivity index (χ0) is 10.3. The van der Waals surface area contributed by atoms with Crippen LogP contribution in [0.1, 0.15) is 0 Å². The maximum atomic E-state index is 11.0. The SMILES string of the molecule is CN(C)c1cc2no[n+]([O-])c2cc1Cl. The molecule has 0 radical (unpaired) electrons. The summed E-state index contributed by atoms with van der Waals surface area (Å²) in [5.41, 5.74) is 1.63. The summed E-state index contributed by atoms with van der Waals surface area (Å²) in [5.74, 6) is 0. The Labute approximate surface area is 85.0 Å². The second-order valence-electron chi connectivity index (χ2n) is 3.12. The van der Waals surface area contributed by atoms with Gasteiger partial charge in [-0.15, -0.1) is 0 Å². The van der Waals surface area contributed by atoms with E-state index in [9.17, 15) is 5.21 Å². The van der Waals surface area contributed by atoms with Crippen LogP contribution in [-0.2, 0) is 0 Å². The van der Waals surface area contributed by atoms with Gasteiger partial charge in [-0.25, -0.2) is 0 Å². The summed E-state index contributed by atoms with van der Waals surface area (Å²) in [6.07, 6.45) is 0. The Hall–Kier alpha value is -1.49. The average molecular weight is 214 g/mol. The summed E-state index contributed by atoms with van der Waals surface area (Å²) in [5, 5.41) is 15.1. The van der Waals surface area contributed by atoms with Crippen LogP contribution in [-0.4, -0.2) is 19.3 Å². The number of halogens is 1. The van der Waals surface area contributed by atoms with Crippen LogP contribution < -0.4 is 9.80 Å². The van der Waals surface area contributed by atoms with E-state index in [0.29, 0.717) is 21.0 Å². The first-order valence-electron chi connectivity index (χ1n) is 3.96. The Morgan fingerprint density at radius 3 is 2.86 bits per heavy atom. The lowest BCUT2D eigenvalue weighted by Gasteiger charge is -2.12. The summed E-state index contributed by atoms with van der Waals surface area (Å²) < 4.78 is 4.44. The molecular weight excluding hydrogens is 206 g/mol. The summed E-state index contributed by atoms with van der Waals surface area (Å²) >= 11 is 5.96. The molecule has 5 nitrogen and oxygen atoms in total. The summed E-state index contributed by atoms with van der Waals surface area (Å²) in [6.45, 7) is 0. The first kappa shape index (κ1) is 9.08. The minimum atomic E-state index is 0.334. The summed E-state index contributed by atoms with van der Waals surface area (Å²) in [7, 11) is 3.72. The normalized spacial score (nSPS) is 10.8. The van der Waals surface area contributed by atoms with Gasteiger partial charge in [0, 0.05) is 31.4 Å². The molecule has 0 saturated carbocycles. The van der Waals surface area contributed by atoms with Crippen molar-refractivity contribution in [3.05, 3.63) is 22.4 Å². The van der Waals surface area contributed by atoms with Crippen molar-refractivity contribution in [1.29, 1.82) is 0 Å². The third-order valence-electron chi connectivity index (χ3n) is 1.94. The van der Waals surface area contributed by atoms with E-state index in [0.717, 1.165) is 5.69 Å². The largest absolute Gasteiger partial charge is 0.376 e. The molecule has 6 heteroatoms. The minimum absolute atomic E-state index is 0.334. The van der Waals surface area contributed by atoms with E-state index in [4.69, 9.17) is 11.6 Å². The zero-order valence-electron chi connectivity index (χ0n) is 7.69. The molecule has 0 spiro atoms. The molecule has 14 heavy (non-hydrogen) atoms. The molecule has 0 unspecified atom stereocenters. The number of nitrogens with zero attached hydrogens (tertiary/aromatic N) is 3. The van der Waals surface area contributed by atoms with Gasteiger partial charge in [0.25, 0.3) is 5.52 Å². The van der Waals surface area contributed by atoms with Gasteiger partial charge in [0.2, 0.25) is 5.52 Å². The van der Waals surface area contributed by atoms with Gasteiger partial charge in [0.1, 0.15) is 0 Å². The molecule has 0 amide bonds. The Balaban J connectivity index is 2.72. The monoisotopic (exact) mass is 213 g/mol. The molecule has 2 rings (SSSR count). The van der Waals surface area contributed by atoms with Gasteiger partial charge in [-0.2, -0.15) is 0 Å². The lowest BCUT2D eigenvalue weighted by molar-refractivity contribution is -0.782. The number of hydrogen-bond donors (Lipinski definition) is 0. The zero-order valence-corrected chi connectivity index (χ0v) is 8.45. The van der Waals surface area contributed by atoms with E-state index >= 15 is 0 Å². The van der Waals surface area contributed by atoms with Crippen LogP contribution in [0.25, 0.3) is 11.0 Å². The maximum Gasteiger partial charge on any atom is 0.250 e. The van der Waals surface area contributed by atoms with Crippen molar-refractivity contribution in [3.63, 3.8) is 0 Å². The summed E-state index contributed by atoms with van der Waals surface area (Å²) in [6, 6.07) is 3.24. The average Bonchev–Trinajstić information content (AvgIpc) is 2.46. The van der Waals surface area contributed by atoms with Crippen molar-refractivity contribution >= 4 is 28.3 Å². The molecule has 2 aromatic rings. The Morgan fingerprint density at radius 2 is 2.21 bits per heavy atom. The molecule has 0 aliphatic carbocycles. The van der Waals surface area contributed by atoms with Gasteiger partial charge < -0.3 is 10.1 Å². The third kappa shape index (κ3) is 1.26. The van der Waals surface area contributed by atoms with E-state index in [2.05, 4.69) is 9.79 Å². The number of benzene rings is 1. The number of aromatic nitrogens is 2. The van der Waals surface area contributed by atoms with Crippen LogP contribution in [0.5, 0.6) is 0 Å². The minimum Gasteiger partial charge on any atom is -0.376 e. The molecule has 74 valence electrons. The summed E-state index contributed by atoms with van der Waals surface area (Å²) in [4.78, 5) is 2.17. The van der Waals surface area contributed by atoms with Gasteiger partial charge in [-0.1, -0.05) is 11.6 Å². The molecule has 0 saturated heterocycles. The molecule has 0 aliphatic heterocycles. The highest BCUT2D eigenvalue weighted by molar-refractivity contribution is 6.34. The second-order valence-corrected chi connectivity index (χ2v) is 3.52. The predicted molar refractivity (Wildman–Crippen MR) is 52.3 cm³/mol. The molecule has 0 fully saturated rings. The lowest BCUT2D eigenvalue weighted by atomic mass is 10.2. The lowest BCUT2D eigenvalue weighted by Crippen LogP contribution is -2.22. The third-order valence-corrected chi connectivity index (χ3v) is 2.24. The predicted octanol–water partition coefficient (Wildman–Crippen LogP) is 1.18. The maximum absolute atomic E-state index is 11.0. The van der Waals surface area contributed by atoms with Crippen molar-refractivity contribution in [2.45, 2.75) is 0 Å². The van der Waals surface area contributed by atoms with Crippen LogP contribution >= 0.6 is 11.6 Å². The van der Waals surface area contributed by atoms with Crippen molar-refractivity contribution in [2.75, 3.05) is 19.0 Å². The smallest absolute Gasteiger partial charge is 0.250 e. The van der Waals surface area contributed by atoms with Crippen LogP contribution in [0.15, 0.2) is 16.8 Å². The standard InChI is InChI=1S/C8H8ClN3O2/c1-11(2)7-4-6-8(3-5(7)9)12(13)14-10-6/h3-4H,1-2H3. The van der Waals surface area contributed by atoms with Crippen molar-refractivity contribution in [3.8, 4) is 0 Å². The van der Waals surface area contributed by atoms with Crippen LogP contribution in [0.3, 0.4) is 0 Å². The van der Waals surface area contributed by atoms with Gasteiger partial charge in [-0.05, 0) is 4.90 Å². The van der Waals surface area contributed by atoms with Crippen molar-refractivity contribution in [1.82, 2.24) is 5.16 Å². The van der Waals surface area contributed by atoms with Crippen LogP contribution in [0.4, 0.5) is 5.69 Å². The highest BCUT2D eigenvalue weighted by atomic mass is 35.5. The first-order valence-corrected chi connectivity index (χ1v) is 4.33. The molecule has 1 aromatic carbocycles. The van der Waals surface area contributed by atoms with Crippen molar-refractivity contribution in [2.24, 2.45) is 0 Å². The number of anilines is 1. The molecule has 1 heterocycles. The Morgan fingerprint density at radius 1 is 1.50 bits per heavy atom. The van der Waals surface area contributed by atoms with Gasteiger partial charge in [0.15, 0.2) is 0 Å². The molecule has 0 bridgehead atoms. The second kappa shape index (κ2) is 3.02. The Kier molecular flexibility index (Phi) is 1.96. The van der Waals surface area contributed by atoms with Gasteiger partial charge in [0.05, 0.1) is 10.7 Å². The topological polar surface area (TPSA) is 56.2 Å². The Bertz CT molecular complexity index is 481. The van der Waals surface area contributed by atoms with Crippen LogP contribution in [0, 0.1) is 5.21 Å². The fraction of sp³-hybridized carbons (Fsp3) is 0.250. The van der Waals surface area contributed by atoms with E-state index in [1.54, 1.807) is 6.07 Å². The van der Waals surface area contributed by atoms with Gasteiger partial charge in [-0.3, -0.25) is 4.63 Å². The molecule has 0 aliphatic rings. The highest BCUT2D eigenvalue weighted by Gasteiger charge is 2.14. The van der Waals surface area contributed by atoms with E-state index in [1.165, 1.54) is 6.07 Å². The number of fused-ring (bicyclic) bond motifs is 1. The highest BCUT2D eigenvalue weighted by Crippen LogP contribution is 2.27. The fourth-order valence-corrected chi connectivity index (χ4v) is 1.55. The molecule has 0 atom stereocenters. The van der Waals surface area contributed by atoms with Crippen molar-refractivity contribution < 1.29 is 9.53 Å². The fourth-order valence-electron chi connectivity index (χ4n) is 1.23. The number of rotatable bonds is 1. The molecule has 0 N–H and O–H groups in total. The quantitative estimate of drug-likeness (QED) is 0.668. The number of hydrogen-bond acceptors (Lipinski definition) is 4.